The SMILES string of the molecule is CCN1CCN(c2ccc(F)cc2C(C)NC(=O)CC(C)N)CC1.Cl.Cl.Cl. The molecule has 158 valence electrons. The Morgan fingerprint density at radius 2 is 1.78 bits per heavy atom. The van der Waals surface area contributed by atoms with E-state index < -0.39 is 0 Å². The van der Waals surface area contributed by atoms with E-state index >= 15 is 0 Å². The monoisotopic (exact) mass is 444 g/mol. The van der Waals surface area contributed by atoms with E-state index in [-0.39, 0.29) is 67.5 Å². The third-order valence-corrected chi connectivity index (χ3v) is 4.50. The maximum Gasteiger partial charge on any atom is 0.222 e. The highest BCUT2D eigenvalue weighted by atomic mass is 35.5. The lowest BCUT2D eigenvalue weighted by Crippen LogP contribution is -2.46. The quantitative estimate of drug-likeness (QED) is 0.706. The van der Waals surface area contributed by atoms with Crippen LogP contribution >= 0.6 is 37.2 Å². The zero-order chi connectivity index (χ0) is 17.7. The Morgan fingerprint density at radius 1 is 1.19 bits per heavy atom. The van der Waals surface area contributed by atoms with Crippen molar-refractivity contribution in [3.8, 4) is 0 Å². The summed E-state index contributed by atoms with van der Waals surface area (Å²) in [7, 11) is 0. The number of nitrogens with two attached hydrogens (primary N) is 1. The number of hydrogen-bond acceptors (Lipinski definition) is 4. The van der Waals surface area contributed by atoms with Gasteiger partial charge in [-0.05, 0) is 38.6 Å². The second-order valence-electron chi connectivity index (χ2n) is 6.60. The lowest BCUT2D eigenvalue weighted by atomic mass is 10.0. The van der Waals surface area contributed by atoms with E-state index in [1.165, 1.54) is 12.1 Å². The Hall–Kier alpha value is -0.790. The molecule has 1 aliphatic rings. The molecule has 2 rings (SSSR count). The summed E-state index contributed by atoms with van der Waals surface area (Å²) in [6.07, 6.45) is 0.268. The van der Waals surface area contributed by atoms with Crippen molar-refractivity contribution in [2.24, 2.45) is 5.73 Å². The van der Waals surface area contributed by atoms with Crippen molar-refractivity contribution in [2.45, 2.75) is 39.3 Å². The van der Waals surface area contributed by atoms with Gasteiger partial charge in [-0.2, -0.15) is 0 Å². The Bertz CT molecular complexity index is 570. The van der Waals surface area contributed by atoms with Crippen LogP contribution in [0.1, 0.15) is 38.8 Å². The number of amides is 1. The average molecular weight is 446 g/mol. The second kappa shape index (κ2) is 13.4. The van der Waals surface area contributed by atoms with E-state index in [1.807, 2.05) is 13.0 Å². The van der Waals surface area contributed by atoms with Crippen molar-refractivity contribution in [3.63, 3.8) is 0 Å². The smallest absolute Gasteiger partial charge is 0.222 e. The van der Waals surface area contributed by atoms with Gasteiger partial charge in [0.15, 0.2) is 0 Å². The number of halogens is 4. The van der Waals surface area contributed by atoms with Gasteiger partial charge in [0.2, 0.25) is 5.91 Å². The van der Waals surface area contributed by atoms with E-state index in [4.69, 9.17) is 5.73 Å². The van der Waals surface area contributed by atoms with E-state index in [1.54, 1.807) is 6.92 Å². The third-order valence-electron chi connectivity index (χ3n) is 4.50. The molecule has 1 fully saturated rings. The maximum atomic E-state index is 13.8. The fourth-order valence-corrected chi connectivity index (χ4v) is 3.14. The molecule has 1 heterocycles. The molecular weight excluding hydrogens is 414 g/mol. The van der Waals surface area contributed by atoms with Crippen LogP contribution in [0.25, 0.3) is 0 Å². The fourth-order valence-electron chi connectivity index (χ4n) is 3.14. The van der Waals surface area contributed by atoms with Crippen molar-refractivity contribution in [1.82, 2.24) is 10.2 Å². The Labute approximate surface area is 180 Å². The first-order chi connectivity index (χ1) is 11.4. The van der Waals surface area contributed by atoms with Gasteiger partial charge >= 0.3 is 0 Å². The number of carbonyl (C=O) groups excluding carboxylic acids is 1. The zero-order valence-corrected chi connectivity index (χ0v) is 18.6. The topological polar surface area (TPSA) is 61.6 Å². The summed E-state index contributed by atoms with van der Waals surface area (Å²) in [6, 6.07) is 4.39. The van der Waals surface area contributed by atoms with Crippen molar-refractivity contribution in [1.29, 1.82) is 0 Å². The fraction of sp³-hybridized carbons (Fsp3) is 0.611. The van der Waals surface area contributed by atoms with E-state index in [9.17, 15) is 9.18 Å². The summed E-state index contributed by atoms with van der Waals surface area (Å²) in [5.41, 5.74) is 7.49. The van der Waals surface area contributed by atoms with Gasteiger partial charge in [0.1, 0.15) is 5.82 Å². The summed E-state index contributed by atoms with van der Waals surface area (Å²) in [5.74, 6) is -0.391. The molecule has 0 spiro atoms. The number of carbonyl (C=O) groups is 1. The van der Waals surface area contributed by atoms with Crippen LogP contribution in [0.5, 0.6) is 0 Å². The number of nitrogens with one attached hydrogen (secondary N) is 1. The van der Waals surface area contributed by atoms with Crippen LogP contribution in [0.2, 0.25) is 0 Å². The van der Waals surface area contributed by atoms with Crippen molar-refractivity contribution >= 4 is 48.8 Å². The van der Waals surface area contributed by atoms with Gasteiger partial charge in [0.25, 0.3) is 0 Å². The molecule has 0 saturated carbocycles. The summed E-state index contributed by atoms with van der Waals surface area (Å²) in [6.45, 7) is 10.7. The van der Waals surface area contributed by atoms with Crippen LogP contribution in [0.15, 0.2) is 18.2 Å². The first-order valence-corrected chi connectivity index (χ1v) is 8.72. The lowest BCUT2D eigenvalue weighted by molar-refractivity contribution is -0.122. The van der Waals surface area contributed by atoms with Gasteiger partial charge in [0.05, 0.1) is 6.04 Å². The number of piperazine rings is 1. The van der Waals surface area contributed by atoms with E-state index in [0.717, 1.165) is 44.0 Å². The maximum absolute atomic E-state index is 13.8. The van der Waals surface area contributed by atoms with Gasteiger partial charge in [-0.1, -0.05) is 6.92 Å². The molecule has 2 atom stereocenters. The molecule has 3 N–H and O–H groups in total. The largest absolute Gasteiger partial charge is 0.369 e. The number of likely N-dealkylation sites (N-methyl/N-ethyl adjacent to an activating group) is 1. The van der Waals surface area contributed by atoms with Crippen LogP contribution in [0, 0.1) is 5.82 Å². The predicted octanol–water partition coefficient (Wildman–Crippen LogP) is 3.15. The highest BCUT2D eigenvalue weighted by molar-refractivity contribution is 5.86. The molecule has 0 radical (unpaired) electrons. The molecular formula is C18H32Cl3FN4O. The lowest BCUT2D eigenvalue weighted by Gasteiger charge is -2.37. The molecule has 1 saturated heterocycles. The number of nitrogens with zero attached hydrogens (tertiary/aromatic N) is 2. The van der Waals surface area contributed by atoms with Crippen molar-refractivity contribution in [3.05, 3.63) is 29.6 Å². The van der Waals surface area contributed by atoms with Gasteiger partial charge < -0.3 is 20.9 Å². The highest BCUT2D eigenvalue weighted by Crippen LogP contribution is 2.28. The van der Waals surface area contributed by atoms with Gasteiger partial charge in [0, 0.05) is 49.9 Å². The summed E-state index contributed by atoms with van der Waals surface area (Å²) >= 11 is 0. The first kappa shape index (κ1) is 28.4. The Balaban J connectivity index is 0. The van der Waals surface area contributed by atoms with Gasteiger partial charge in [-0.25, -0.2) is 4.39 Å². The summed E-state index contributed by atoms with van der Waals surface area (Å²) < 4.78 is 13.8. The molecule has 5 nitrogen and oxygen atoms in total. The minimum absolute atomic E-state index is 0. The Morgan fingerprint density at radius 3 is 2.30 bits per heavy atom. The van der Waals surface area contributed by atoms with Gasteiger partial charge in [-0.3, -0.25) is 4.79 Å². The number of anilines is 1. The van der Waals surface area contributed by atoms with E-state index in [0.29, 0.717) is 0 Å². The number of benzene rings is 1. The zero-order valence-electron chi connectivity index (χ0n) is 16.1. The van der Waals surface area contributed by atoms with Crippen LogP contribution in [-0.2, 0) is 4.79 Å². The minimum atomic E-state index is -0.283. The average Bonchev–Trinajstić information content (AvgIpc) is 2.54. The van der Waals surface area contributed by atoms with Crippen molar-refractivity contribution in [2.75, 3.05) is 37.6 Å². The number of hydrogen-bond donors (Lipinski definition) is 2. The molecule has 9 heteroatoms. The minimum Gasteiger partial charge on any atom is -0.369 e. The molecule has 0 bridgehead atoms. The molecule has 2 unspecified atom stereocenters. The van der Waals surface area contributed by atoms with E-state index in [2.05, 4.69) is 22.0 Å². The summed E-state index contributed by atoms with van der Waals surface area (Å²) in [5, 5.41) is 2.93. The highest BCUT2D eigenvalue weighted by Gasteiger charge is 2.22. The summed E-state index contributed by atoms with van der Waals surface area (Å²) in [4.78, 5) is 16.7. The van der Waals surface area contributed by atoms with Crippen LogP contribution < -0.4 is 16.0 Å². The van der Waals surface area contributed by atoms with Gasteiger partial charge in [-0.15, -0.1) is 37.2 Å². The molecule has 0 aromatic heterocycles. The predicted molar refractivity (Wildman–Crippen MR) is 117 cm³/mol. The van der Waals surface area contributed by atoms with Crippen LogP contribution in [-0.4, -0.2) is 49.6 Å². The second-order valence-corrected chi connectivity index (χ2v) is 6.60. The van der Waals surface area contributed by atoms with Crippen molar-refractivity contribution < 1.29 is 9.18 Å². The molecule has 1 aliphatic heterocycles. The normalized spacial score (nSPS) is 16.3. The molecule has 0 aliphatic carbocycles. The molecule has 1 aromatic rings. The molecule has 1 aromatic carbocycles. The standard InChI is InChI=1S/C18H29FN4O.3ClH/c1-4-22-7-9-23(10-8-22)17-6-5-15(19)12-16(17)14(3)21-18(24)11-13(2)20;;;/h5-6,12-14H,4,7-11,20H2,1-3H3,(H,21,24);3*1H. The Kier molecular flexibility index (Phi) is 14.1. The molecule has 1 amide bonds. The number of rotatable bonds is 6. The first-order valence-electron chi connectivity index (χ1n) is 8.72. The third kappa shape index (κ3) is 8.40. The van der Waals surface area contributed by atoms with Crippen LogP contribution in [0.4, 0.5) is 10.1 Å². The molecule has 27 heavy (non-hydrogen) atoms. The van der Waals surface area contributed by atoms with Crippen LogP contribution in [0.3, 0.4) is 0 Å².